The van der Waals surface area contributed by atoms with Crippen molar-refractivity contribution in [1.29, 1.82) is 0 Å². The van der Waals surface area contributed by atoms with Crippen LogP contribution in [0.15, 0.2) is 24.3 Å². The molecule has 0 aliphatic carbocycles. The van der Waals surface area contributed by atoms with Gasteiger partial charge in [-0.25, -0.2) is 4.79 Å². The smallest absolute Gasteiger partial charge is 0.341 e. The first-order valence-electron chi connectivity index (χ1n) is 4.68. The van der Waals surface area contributed by atoms with Crippen LogP contribution in [0.4, 0.5) is 5.00 Å². The fourth-order valence-electron chi connectivity index (χ4n) is 1.48. The molecule has 2 rings (SSSR count). The van der Waals surface area contributed by atoms with Crippen molar-refractivity contribution in [3.8, 4) is 0 Å². The summed E-state index contributed by atoms with van der Waals surface area (Å²) < 4.78 is 5.98. The molecule has 3 nitrogen and oxygen atoms in total. The van der Waals surface area contributed by atoms with Crippen molar-refractivity contribution in [2.75, 3.05) is 12.3 Å². The van der Waals surface area contributed by atoms with Gasteiger partial charge in [0.1, 0.15) is 10.6 Å². The molecule has 2 N–H and O–H groups in total. The van der Waals surface area contributed by atoms with Crippen molar-refractivity contribution in [2.45, 2.75) is 6.92 Å². The predicted octanol–water partition coefficient (Wildman–Crippen LogP) is 3.08. The first-order chi connectivity index (χ1) is 7.24. The van der Waals surface area contributed by atoms with Gasteiger partial charge in [0.15, 0.2) is 0 Å². The van der Waals surface area contributed by atoms with Crippen LogP contribution in [0.25, 0.3) is 10.1 Å². The number of carbonyl (C=O) groups is 1. The van der Waals surface area contributed by atoms with Crippen molar-refractivity contribution in [2.24, 2.45) is 0 Å². The van der Waals surface area contributed by atoms with Crippen LogP contribution in [0.3, 0.4) is 0 Å². The molecule has 1 aromatic carbocycles. The molecule has 0 radical (unpaired) electrons. The Morgan fingerprint density at radius 1 is 1.44 bits per heavy atom. The molecule has 16 heavy (non-hydrogen) atoms. The van der Waals surface area contributed by atoms with Gasteiger partial charge in [-0.15, -0.1) is 23.7 Å². The Morgan fingerprint density at radius 3 is 2.81 bits per heavy atom. The van der Waals surface area contributed by atoms with E-state index >= 15 is 0 Å². The number of hydrogen-bond acceptors (Lipinski definition) is 4. The second-order valence-corrected chi connectivity index (χ2v) is 4.14. The molecule has 0 bridgehead atoms. The molecular formula is C11H12ClNO2S. The van der Waals surface area contributed by atoms with Gasteiger partial charge in [0.25, 0.3) is 0 Å². The summed E-state index contributed by atoms with van der Waals surface area (Å²) in [5.74, 6) is -0.340. The van der Waals surface area contributed by atoms with Crippen molar-refractivity contribution < 1.29 is 9.53 Å². The van der Waals surface area contributed by atoms with Gasteiger partial charge in [-0.05, 0) is 13.0 Å². The Kier molecular flexibility index (Phi) is 4.15. The summed E-state index contributed by atoms with van der Waals surface area (Å²) in [6.07, 6.45) is 0. The van der Waals surface area contributed by atoms with E-state index in [2.05, 4.69) is 0 Å². The summed E-state index contributed by atoms with van der Waals surface area (Å²) in [7, 11) is 0. The third kappa shape index (κ3) is 2.13. The van der Waals surface area contributed by atoms with Gasteiger partial charge in [-0.1, -0.05) is 18.2 Å². The fourth-order valence-corrected chi connectivity index (χ4v) is 2.44. The number of anilines is 1. The van der Waals surface area contributed by atoms with Crippen molar-refractivity contribution >= 4 is 44.8 Å². The highest BCUT2D eigenvalue weighted by atomic mass is 35.5. The molecule has 5 heteroatoms. The van der Waals surface area contributed by atoms with Crippen LogP contribution < -0.4 is 5.73 Å². The van der Waals surface area contributed by atoms with Gasteiger partial charge < -0.3 is 10.5 Å². The van der Waals surface area contributed by atoms with E-state index in [0.29, 0.717) is 17.2 Å². The average molecular weight is 258 g/mol. The predicted molar refractivity (Wildman–Crippen MR) is 69.4 cm³/mol. The lowest BCUT2D eigenvalue weighted by Gasteiger charge is -2.00. The second kappa shape index (κ2) is 5.18. The second-order valence-electron chi connectivity index (χ2n) is 3.06. The first kappa shape index (κ1) is 12.8. The molecular weight excluding hydrogens is 246 g/mol. The number of halogens is 1. The Balaban J connectivity index is 0.00000128. The van der Waals surface area contributed by atoms with Gasteiger partial charge in [-0.3, -0.25) is 0 Å². The number of nitrogens with two attached hydrogens (primary N) is 1. The molecule has 0 atom stereocenters. The third-order valence-electron chi connectivity index (χ3n) is 2.10. The van der Waals surface area contributed by atoms with Crippen LogP contribution in [0.1, 0.15) is 17.3 Å². The minimum absolute atomic E-state index is 0. The lowest BCUT2D eigenvalue weighted by atomic mass is 10.2. The van der Waals surface area contributed by atoms with Crippen LogP contribution >= 0.6 is 23.7 Å². The van der Waals surface area contributed by atoms with Crippen LogP contribution in [0, 0.1) is 0 Å². The van der Waals surface area contributed by atoms with Crippen molar-refractivity contribution in [1.82, 2.24) is 0 Å². The van der Waals surface area contributed by atoms with E-state index in [1.54, 1.807) is 6.92 Å². The van der Waals surface area contributed by atoms with Gasteiger partial charge >= 0.3 is 5.97 Å². The summed E-state index contributed by atoms with van der Waals surface area (Å²) in [6, 6.07) is 7.64. The van der Waals surface area contributed by atoms with E-state index in [-0.39, 0.29) is 18.4 Å². The highest BCUT2D eigenvalue weighted by Gasteiger charge is 2.17. The zero-order valence-electron chi connectivity index (χ0n) is 8.73. The number of carbonyl (C=O) groups excluding carboxylic acids is 1. The number of benzene rings is 1. The maximum Gasteiger partial charge on any atom is 0.341 e. The fraction of sp³-hybridized carbons (Fsp3) is 0.182. The lowest BCUT2D eigenvalue weighted by molar-refractivity contribution is 0.0530. The average Bonchev–Trinajstić information content (AvgIpc) is 2.54. The molecule has 0 aliphatic rings. The lowest BCUT2D eigenvalue weighted by Crippen LogP contribution is -2.05. The minimum Gasteiger partial charge on any atom is -0.462 e. The first-order valence-corrected chi connectivity index (χ1v) is 5.49. The van der Waals surface area contributed by atoms with Crippen LogP contribution in [0.5, 0.6) is 0 Å². The molecule has 0 amide bonds. The molecule has 0 fully saturated rings. The summed E-state index contributed by atoms with van der Waals surface area (Å²) in [5, 5.41) is 1.40. The maximum atomic E-state index is 11.6. The quantitative estimate of drug-likeness (QED) is 0.841. The van der Waals surface area contributed by atoms with Gasteiger partial charge in [-0.2, -0.15) is 0 Å². The van der Waals surface area contributed by atoms with Gasteiger partial charge in [0.05, 0.1) is 6.61 Å². The van der Waals surface area contributed by atoms with Gasteiger partial charge in [0.2, 0.25) is 0 Å². The number of esters is 1. The number of ether oxygens (including phenoxy) is 1. The van der Waals surface area contributed by atoms with E-state index in [9.17, 15) is 4.79 Å². The van der Waals surface area contributed by atoms with Crippen LogP contribution in [-0.4, -0.2) is 12.6 Å². The van der Waals surface area contributed by atoms with E-state index in [0.717, 1.165) is 10.1 Å². The highest BCUT2D eigenvalue weighted by molar-refractivity contribution is 7.23. The summed E-state index contributed by atoms with van der Waals surface area (Å²) >= 11 is 1.41. The zero-order chi connectivity index (χ0) is 10.8. The minimum atomic E-state index is -0.340. The highest BCUT2D eigenvalue weighted by Crippen LogP contribution is 2.33. The molecule has 0 unspecified atom stereocenters. The number of thiophene rings is 1. The molecule has 0 aliphatic heterocycles. The van der Waals surface area contributed by atoms with Gasteiger partial charge in [0, 0.05) is 10.1 Å². The number of rotatable bonds is 2. The summed E-state index contributed by atoms with van der Waals surface area (Å²) in [6.45, 7) is 2.14. The molecule has 0 saturated carbocycles. The summed E-state index contributed by atoms with van der Waals surface area (Å²) in [5.41, 5.74) is 6.30. The molecule has 2 aromatic rings. The van der Waals surface area contributed by atoms with Crippen LogP contribution in [-0.2, 0) is 4.74 Å². The Hall–Kier alpha value is -1.26. The topological polar surface area (TPSA) is 52.3 Å². The Labute approximate surface area is 104 Å². The van der Waals surface area contributed by atoms with E-state index in [1.807, 2.05) is 24.3 Å². The van der Waals surface area contributed by atoms with Crippen LogP contribution in [0.2, 0.25) is 0 Å². The standard InChI is InChI=1S/C11H11NO2S.ClH/c1-2-14-11(13)9-7-5-3-4-6-8(7)15-10(9)12;/h3-6H,2,12H2,1H3;1H. The monoisotopic (exact) mass is 257 g/mol. The summed E-state index contributed by atoms with van der Waals surface area (Å²) in [4.78, 5) is 11.6. The molecule has 86 valence electrons. The SMILES string of the molecule is CCOC(=O)c1c(N)sc2ccccc12.Cl. The number of fused-ring (bicyclic) bond motifs is 1. The molecule has 0 saturated heterocycles. The Bertz CT molecular complexity index is 510. The maximum absolute atomic E-state index is 11.6. The molecule has 1 aromatic heterocycles. The normalized spacial score (nSPS) is 9.81. The molecule has 0 spiro atoms. The zero-order valence-corrected chi connectivity index (χ0v) is 10.4. The third-order valence-corrected chi connectivity index (χ3v) is 3.10. The largest absolute Gasteiger partial charge is 0.462 e. The van der Waals surface area contributed by atoms with Crippen molar-refractivity contribution in [3.05, 3.63) is 29.8 Å². The van der Waals surface area contributed by atoms with E-state index in [4.69, 9.17) is 10.5 Å². The Morgan fingerprint density at radius 2 is 2.12 bits per heavy atom. The number of nitrogen functional groups attached to an aromatic ring is 1. The number of hydrogen-bond donors (Lipinski definition) is 1. The molecule has 1 heterocycles. The van der Waals surface area contributed by atoms with E-state index in [1.165, 1.54) is 11.3 Å². The van der Waals surface area contributed by atoms with Crippen molar-refractivity contribution in [3.63, 3.8) is 0 Å². The van der Waals surface area contributed by atoms with E-state index < -0.39 is 0 Å².